The van der Waals surface area contributed by atoms with Crippen molar-refractivity contribution in [1.29, 1.82) is 0 Å². The van der Waals surface area contributed by atoms with Gasteiger partial charge in [0.25, 0.3) is 5.91 Å². The number of halogens is 1. The van der Waals surface area contributed by atoms with Gasteiger partial charge in [0.2, 0.25) is 0 Å². The fourth-order valence-electron chi connectivity index (χ4n) is 3.67. The fourth-order valence-corrected chi connectivity index (χ4v) is 3.87. The molecule has 0 aliphatic carbocycles. The summed E-state index contributed by atoms with van der Waals surface area (Å²) in [5.41, 5.74) is 4.64. The van der Waals surface area contributed by atoms with Crippen LogP contribution in [0.15, 0.2) is 60.8 Å². The first kappa shape index (κ1) is 20.8. The molecule has 5 rings (SSSR count). The molecule has 3 heterocycles. The van der Waals surface area contributed by atoms with E-state index in [4.69, 9.17) is 16.3 Å². The summed E-state index contributed by atoms with van der Waals surface area (Å²) in [6.45, 7) is 2.20. The Morgan fingerprint density at radius 2 is 2.00 bits per heavy atom. The molecule has 0 radical (unpaired) electrons. The minimum absolute atomic E-state index is 0.217. The van der Waals surface area contributed by atoms with Crippen molar-refractivity contribution in [2.75, 3.05) is 7.11 Å². The van der Waals surface area contributed by atoms with Crippen LogP contribution in [-0.4, -0.2) is 37.6 Å². The van der Waals surface area contributed by atoms with Crippen LogP contribution >= 0.6 is 11.6 Å². The molecule has 1 N–H and O–H groups in total. The molecule has 1 amide bonds. The normalized spacial score (nSPS) is 11.1. The average molecular weight is 459 g/mol. The van der Waals surface area contributed by atoms with Crippen molar-refractivity contribution in [2.45, 2.75) is 13.5 Å². The van der Waals surface area contributed by atoms with E-state index in [-0.39, 0.29) is 5.91 Å². The predicted octanol–water partition coefficient (Wildman–Crippen LogP) is 4.24. The lowest BCUT2D eigenvalue weighted by atomic mass is 10.1. The first-order chi connectivity index (χ1) is 16.0. The molecule has 0 unspecified atom stereocenters. The van der Waals surface area contributed by atoms with E-state index < -0.39 is 0 Å². The zero-order valence-corrected chi connectivity index (χ0v) is 18.7. The predicted molar refractivity (Wildman–Crippen MR) is 125 cm³/mol. The molecule has 5 aromatic rings. The van der Waals surface area contributed by atoms with E-state index in [2.05, 4.69) is 25.5 Å². The first-order valence-electron chi connectivity index (χ1n) is 10.2. The minimum Gasteiger partial charge on any atom is -0.497 e. The second-order valence-corrected chi connectivity index (χ2v) is 7.84. The Morgan fingerprint density at radius 3 is 2.79 bits per heavy atom. The number of carbonyl (C=O) groups is 1. The number of hydrogen-bond donors (Lipinski definition) is 1. The Hall–Kier alpha value is -4.04. The Kier molecular flexibility index (Phi) is 5.35. The fraction of sp³-hybridized carbons (Fsp3) is 0.125. The van der Waals surface area contributed by atoms with E-state index in [9.17, 15) is 4.79 Å². The summed E-state index contributed by atoms with van der Waals surface area (Å²) in [5, 5.41) is 12.1. The monoisotopic (exact) mass is 458 g/mol. The quantitative estimate of drug-likeness (QED) is 0.423. The molecule has 0 aliphatic heterocycles. The van der Waals surface area contributed by atoms with Gasteiger partial charge in [-0.3, -0.25) is 14.2 Å². The lowest BCUT2D eigenvalue weighted by Gasteiger charge is -2.10. The van der Waals surface area contributed by atoms with E-state index in [1.165, 1.54) is 0 Å². The van der Waals surface area contributed by atoms with Gasteiger partial charge in [-0.2, -0.15) is 0 Å². The van der Waals surface area contributed by atoms with Crippen molar-refractivity contribution in [1.82, 2.24) is 29.9 Å². The number of fused-ring (bicyclic) bond motifs is 3. The van der Waals surface area contributed by atoms with Crippen LogP contribution in [0.4, 0.5) is 0 Å². The maximum Gasteiger partial charge on any atom is 0.251 e. The third kappa shape index (κ3) is 3.85. The van der Waals surface area contributed by atoms with Gasteiger partial charge < -0.3 is 10.1 Å². The van der Waals surface area contributed by atoms with Gasteiger partial charge in [0, 0.05) is 17.3 Å². The van der Waals surface area contributed by atoms with Crippen molar-refractivity contribution in [2.24, 2.45) is 0 Å². The number of pyridine rings is 1. The number of ether oxygens (including phenoxy) is 1. The highest BCUT2D eigenvalue weighted by Crippen LogP contribution is 2.32. The van der Waals surface area contributed by atoms with E-state index in [1.807, 2.05) is 41.7 Å². The summed E-state index contributed by atoms with van der Waals surface area (Å²) in [4.78, 5) is 21.7. The van der Waals surface area contributed by atoms with Gasteiger partial charge in [0.05, 0.1) is 41.1 Å². The van der Waals surface area contributed by atoms with Crippen LogP contribution in [0.3, 0.4) is 0 Å². The summed E-state index contributed by atoms with van der Waals surface area (Å²) < 4.78 is 7.23. The molecule has 164 valence electrons. The highest BCUT2D eigenvalue weighted by molar-refractivity contribution is 6.33. The van der Waals surface area contributed by atoms with Crippen LogP contribution in [0.5, 0.6) is 5.75 Å². The molecule has 33 heavy (non-hydrogen) atoms. The number of methoxy groups -OCH3 is 1. The molecular weight excluding hydrogens is 440 g/mol. The van der Waals surface area contributed by atoms with E-state index in [0.29, 0.717) is 56.6 Å². The maximum atomic E-state index is 12.9. The number of amides is 1. The van der Waals surface area contributed by atoms with E-state index >= 15 is 0 Å². The van der Waals surface area contributed by atoms with Crippen molar-refractivity contribution >= 4 is 34.2 Å². The van der Waals surface area contributed by atoms with Gasteiger partial charge in [0.15, 0.2) is 11.5 Å². The largest absolute Gasteiger partial charge is 0.497 e. The van der Waals surface area contributed by atoms with Crippen LogP contribution in [0, 0.1) is 6.92 Å². The van der Waals surface area contributed by atoms with Crippen LogP contribution in [0.1, 0.15) is 21.7 Å². The van der Waals surface area contributed by atoms with Crippen LogP contribution in [-0.2, 0) is 6.54 Å². The number of aryl methyl sites for hydroxylation is 1. The highest BCUT2D eigenvalue weighted by Gasteiger charge is 2.18. The first-order valence-corrected chi connectivity index (χ1v) is 10.6. The lowest BCUT2D eigenvalue weighted by Crippen LogP contribution is -2.23. The second kappa shape index (κ2) is 8.48. The number of nitrogens with one attached hydrogen (secondary N) is 1. The third-order valence-electron chi connectivity index (χ3n) is 5.32. The standard InChI is InChI=1S/C24H19ClN6O2/c1-14-22-29-30-23(18-12-17(33-2)7-8-19(18)25)31(22)21-11-15(6-9-20(21)28-14)24(32)27-13-16-5-3-4-10-26-16/h3-12H,13H2,1-2H3,(H,27,32). The molecule has 9 heteroatoms. The van der Waals surface area contributed by atoms with Crippen molar-refractivity contribution in [3.63, 3.8) is 0 Å². The molecule has 8 nitrogen and oxygen atoms in total. The average Bonchev–Trinajstić information content (AvgIpc) is 3.29. The van der Waals surface area contributed by atoms with Crippen LogP contribution < -0.4 is 10.1 Å². The number of nitrogens with zero attached hydrogens (tertiary/aromatic N) is 5. The number of rotatable bonds is 5. The van der Waals surface area contributed by atoms with Crippen LogP contribution in [0.25, 0.3) is 28.1 Å². The molecule has 2 aromatic carbocycles. The molecule has 3 aromatic heterocycles. The molecule has 0 spiro atoms. The Morgan fingerprint density at radius 1 is 1.12 bits per heavy atom. The van der Waals surface area contributed by atoms with Gasteiger partial charge in [0.1, 0.15) is 5.75 Å². The Balaban J connectivity index is 1.62. The van der Waals surface area contributed by atoms with Gasteiger partial charge in [-0.25, -0.2) is 4.98 Å². The lowest BCUT2D eigenvalue weighted by molar-refractivity contribution is 0.0950. The summed E-state index contributed by atoms with van der Waals surface area (Å²) in [5.74, 6) is 0.969. The molecule has 0 saturated heterocycles. The number of hydrogen-bond acceptors (Lipinski definition) is 6. The van der Waals surface area contributed by atoms with Gasteiger partial charge in [-0.1, -0.05) is 17.7 Å². The SMILES string of the molecule is COc1ccc(Cl)c(-c2nnc3c(C)nc4ccc(C(=O)NCc5ccccn5)cc4n23)c1. The Labute approximate surface area is 194 Å². The van der Waals surface area contributed by atoms with E-state index in [0.717, 1.165) is 5.69 Å². The summed E-state index contributed by atoms with van der Waals surface area (Å²) in [6, 6.07) is 16.3. The van der Waals surface area contributed by atoms with Gasteiger partial charge in [-0.15, -0.1) is 10.2 Å². The van der Waals surface area contributed by atoms with Crippen molar-refractivity contribution in [3.05, 3.63) is 82.8 Å². The van der Waals surface area contributed by atoms with E-state index in [1.54, 1.807) is 37.6 Å². The topological polar surface area (TPSA) is 94.3 Å². The van der Waals surface area contributed by atoms with Gasteiger partial charge >= 0.3 is 0 Å². The van der Waals surface area contributed by atoms with Crippen LogP contribution in [0.2, 0.25) is 5.02 Å². The summed E-state index contributed by atoms with van der Waals surface area (Å²) >= 11 is 6.49. The summed E-state index contributed by atoms with van der Waals surface area (Å²) in [7, 11) is 1.59. The smallest absolute Gasteiger partial charge is 0.251 e. The van der Waals surface area contributed by atoms with Crippen molar-refractivity contribution in [3.8, 4) is 17.1 Å². The zero-order valence-electron chi connectivity index (χ0n) is 17.9. The maximum absolute atomic E-state index is 12.9. The third-order valence-corrected chi connectivity index (χ3v) is 5.65. The number of benzene rings is 2. The molecule has 0 bridgehead atoms. The Bertz CT molecular complexity index is 1500. The van der Waals surface area contributed by atoms with Crippen molar-refractivity contribution < 1.29 is 9.53 Å². The zero-order chi connectivity index (χ0) is 22.9. The minimum atomic E-state index is -0.217. The summed E-state index contributed by atoms with van der Waals surface area (Å²) in [6.07, 6.45) is 1.69. The molecule has 0 atom stereocenters. The molecule has 0 aliphatic rings. The molecule has 0 saturated carbocycles. The highest BCUT2D eigenvalue weighted by atomic mass is 35.5. The van der Waals surface area contributed by atoms with Gasteiger partial charge in [-0.05, 0) is 55.5 Å². The number of aromatic nitrogens is 5. The molecular formula is C24H19ClN6O2. The molecule has 0 fully saturated rings. The second-order valence-electron chi connectivity index (χ2n) is 7.43. The number of carbonyl (C=O) groups excluding carboxylic acids is 1.